The number of benzene rings is 2. The van der Waals surface area contributed by atoms with Gasteiger partial charge in [-0.3, -0.25) is 4.79 Å². The number of carbonyl (C=O) groups excluding carboxylic acids is 1. The molecule has 1 spiro atoms. The molecule has 2 aliphatic carbocycles. The average Bonchev–Trinajstić information content (AvgIpc) is 3.07. The van der Waals surface area contributed by atoms with Crippen molar-refractivity contribution in [3.63, 3.8) is 0 Å². The normalized spacial score (nSPS) is 25.8. The number of methoxy groups -OCH3 is 1. The minimum absolute atomic E-state index is 0.0840. The third-order valence-corrected chi connectivity index (χ3v) is 9.29. The average molecular weight is 570 g/mol. The summed E-state index contributed by atoms with van der Waals surface area (Å²) >= 11 is 6.35. The quantitative estimate of drug-likeness (QED) is 0.320. The number of carboxylic acids is 1. The van der Waals surface area contributed by atoms with Gasteiger partial charge in [0.1, 0.15) is 5.75 Å². The lowest BCUT2D eigenvalue weighted by molar-refractivity contribution is -0.169. The van der Waals surface area contributed by atoms with Gasteiger partial charge in [0.15, 0.2) is 5.60 Å². The Balaban J connectivity index is 1.59. The second kappa shape index (κ2) is 11.1. The summed E-state index contributed by atoms with van der Waals surface area (Å²) in [6.07, 6.45) is 4.83. The van der Waals surface area contributed by atoms with Crippen LogP contribution in [0, 0.1) is 11.8 Å². The second-order valence-electron chi connectivity index (χ2n) is 11.4. The van der Waals surface area contributed by atoms with E-state index in [2.05, 4.69) is 17.5 Å². The first-order chi connectivity index (χ1) is 19.1. The highest BCUT2D eigenvalue weighted by Crippen LogP contribution is 2.47. The molecule has 0 saturated heterocycles. The van der Waals surface area contributed by atoms with E-state index in [-0.39, 0.29) is 22.8 Å². The Morgan fingerprint density at radius 2 is 2.10 bits per heavy atom. The van der Waals surface area contributed by atoms with Crippen LogP contribution in [0.15, 0.2) is 49.1 Å². The number of hydrogen-bond acceptors (Lipinski definition) is 7. The molecule has 2 aromatic rings. The van der Waals surface area contributed by atoms with E-state index in [1.54, 1.807) is 18.2 Å². The smallest absolute Gasteiger partial charge is 0.343 e. The van der Waals surface area contributed by atoms with Crippen LogP contribution in [0.2, 0.25) is 5.02 Å². The number of carbonyl (C=O) groups is 2. The Labute approximate surface area is 239 Å². The number of ether oxygens (including phenoxy) is 2. The molecule has 0 aromatic heterocycles. The predicted octanol–water partition coefficient (Wildman–Crippen LogP) is 4.22. The van der Waals surface area contributed by atoms with Gasteiger partial charge in [-0.25, -0.2) is 4.79 Å². The van der Waals surface area contributed by atoms with Crippen LogP contribution in [0.25, 0.3) is 0 Å². The number of aliphatic hydroxyl groups excluding tert-OH is 1. The van der Waals surface area contributed by atoms with Crippen LogP contribution in [0.4, 0.5) is 5.69 Å². The van der Waals surface area contributed by atoms with Crippen molar-refractivity contribution in [1.29, 1.82) is 0 Å². The molecule has 5 rings (SSSR count). The van der Waals surface area contributed by atoms with Crippen molar-refractivity contribution in [2.45, 2.75) is 55.6 Å². The van der Waals surface area contributed by atoms with Crippen LogP contribution in [-0.4, -0.2) is 60.2 Å². The molecule has 40 heavy (non-hydrogen) atoms. The summed E-state index contributed by atoms with van der Waals surface area (Å²) in [6, 6.07) is 10.9. The molecule has 8 nitrogen and oxygen atoms in total. The van der Waals surface area contributed by atoms with E-state index in [1.807, 2.05) is 12.1 Å². The van der Waals surface area contributed by atoms with Crippen LogP contribution >= 0.6 is 11.6 Å². The molecule has 3 N–H and O–H groups in total. The van der Waals surface area contributed by atoms with Gasteiger partial charge in [-0.1, -0.05) is 29.8 Å². The number of nitrogens with zero attached hydrogens (tertiary/aromatic N) is 1. The fourth-order valence-electron chi connectivity index (χ4n) is 6.78. The summed E-state index contributed by atoms with van der Waals surface area (Å²) in [5.41, 5.74) is 0.512. The van der Waals surface area contributed by atoms with Crippen molar-refractivity contribution in [2.24, 2.45) is 11.8 Å². The Bertz CT molecular complexity index is 1310. The largest absolute Gasteiger partial charge is 0.490 e. The third kappa shape index (κ3) is 5.08. The number of hydrogen-bond donors (Lipinski definition) is 3. The van der Waals surface area contributed by atoms with E-state index in [9.17, 15) is 24.9 Å². The number of aryl methyl sites for hydroxylation is 1. The Morgan fingerprint density at radius 3 is 2.77 bits per heavy atom. The number of fused-ring (bicyclic) bond motifs is 3. The maximum atomic E-state index is 12.7. The summed E-state index contributed by atoms with van der Waals surface area (Å²) in [6.45, 7) is 5.44. The maximum absolute atomic E-state index is 12.7. The van der Waals surface area contributed by atoms with Crippen LogP contribution in [0.1, 0.15) is 48.8 Å². The lowest BCUT2D eigenvalue weighted by Gasteiger charge is -2.45. The number of esters is 1. The van der Waals surface area contributed by atoms with Gasteiger partial charge in [-0.2, -0.15) is 0 Å². The highest BCUT2D eigenvalue weighted by Gasteiger charge is 2.46. The number of aliphatic hydroxyl groups is 2. The van der Waals surface area contributed by atoms with E-state index >= 15 is 0 Å². The van der Waals surface area contributed by atoms with Crippen LogP contribution in [-0.2, 0) is 31.8 Å². The summed E-state index contributed by atoms with van der Waals surface area (Å²) in [5, 5.41) is 32.0. The van der Waals surface area contributed by atoms with Crippen molar-refractivity contribution in [1.82, 2.24) is 0 Å². The topological polar surface area (TPSA) is 117 Å². The summed E-state index contributed by atoms with van der Waals surface area (Å²) < 4.78 is 11.3. The number of rotatable bonds is 8. The zero-order valence-electron chi connectivity index (χ0n) is 22.6. The van der Waals surface area contributed by atoms with Gasteiger partial charge in [0, 0.05) is 23.5 Å². The minimum atomic E-state index is -2.36. The first kappa shape index (κ1) is 28.5. The van der Waals surface area contributed by atoms with Crippen molar-refractivity contribution in [2.75, 3.05) is 31.7 Å². The van der Waals surface area contributed by atoms with Gasteiger partial charge in [0.05, 0.1) is 31.9 Å². The van der Waals surface area contributed by atoms with E-state index in [0.717, 1.165) is 39.2 Å². The molecule has 214 valence electrons. The molecule has 1 saturated carbocycles. The van der Waals surface area contributed by atoms with Crippen LogP contribution in [0.3, 0.4) is 0 Å². The summed E-state index contributed by atoms with van der Waals surface area (Å²) in [4.78, 5) is 26.5. The number of aliphatic carboxylic acids is 1. The van der Waals surface area contributed by atoms with Gasteiger partial charge in [-0.05, 0) is 84.9 Å². The molecular weight excluding hydrogens is 534 g/mol. The van der Waals surface area contributed by atoms with Gasteiger partial charge >= 0.3 is 11.9 Å². The van der Waals surface area contributed by atoms with Gasteiger partial charge in [-0.15, -0.1) is 6.58 Å². The molecule has 5 atom stereocenters. The second-order valence-corrected chi connectivity index (χ2v) is 11.9. The van der Waals surface area contributed by atoms with E-state index < -0.39 is 30.1 Å². The van der Waals surface area contributed by atoms with Crippen molar-refractivity contribution in [3.05, 3.63) is 70.8 Å². The highest BCUT2D eigenvalue weighted by atomic mass is 35.5. The van der Waals surface area contributed by atoms with Crippen LogP contribution in [0.5, 0.6) is 5.75 Å². The summed E-state index contributed by atoms with van der Waals surface area (Å²) in [5.74, 6) is -1.50. The minimum Gasteiger partial charge on any atom is -0.490 e. The van der Waals surface area contributed by atoms with Crippen molar-refractivity contribution >= 4 is 29.2 Å². The summed E-state index contributed by atoms with van der Waals surface area (Å²) in [7, 11) is 1.12. The fourth-order valence-corrected chi connectivity index (χ4v) is 6.97. The number of carboxylic acid groups (broad SMARTS) is 1. The molecule has 1 aliphatic heterocycles. The zero-order valence-corrected chi connectivity index (χ0v) is 23.4. The van der Waals surface area contributed by atoms with Crippen molar-refractivity contribution in [3.8, 4) is 5.75 Å². The first-order valence-electron chi connectivity index (χ1n) is 13.7. The number of anilines is 1. The van der Waals surface area contributed by atoms with Gasteiger partial charge < -0.3 is 29.7 Å². The molecule has 1 fully saturated rings. The lowest BCUT2D eigenvalue weighted by Crippen LogP contribution is -2.49. The molecule has 4 unspecified atom stereocenters. The van der Waals surface area contributed by atoms with Crippen molar-refractivity contribution < 1.29 is 34.4 Å². The third-order valence-electron chi connectivity index (χ3n) is 9.06. The van der Waals surface area contributed by atoms with Gasteiger partial charge in [0.2, 0.25) is 0 Å². The highest BCUT2D eigenvalue weighted by molar-refractivity contribution is 6.30. The molecule has 0 bridgehead atoms. The molecule has 0 radical (unpaired) electrons. The van der Waals surface area contributed by atoms with Gasteiger partial charge in [0.25, 0.3) is 0 Å². The maximum Gasteiger partial charge on any atom is 0.343 e. The van der Waals surface area contributed by atoms with E-state index in [1.165, 1.54) is 17.2 Å². The monoisotopic (exact) mass is 569 g/mol. The van der Waals surface area contributed by atoms with E-state index in [4.69, 9.17) is 21.1 Å². The molecule has 3 aliphatic rings. The molecular formula is C31H36ClNO7. The molecule has 1 heterocycles. The van der Waals surface area contributed by atoms with Crippen LogP contribution < -0.4 is 9.64 Å². The Hall–Kier alpha value is -3.07. The first-order valence-corrected chi connectivity index (χ1v) is 14.1. The Kier molecular flexibility index (Phi) is 7.88. The standard InChI is InChI=1S/C31H36ClNO7/c1-3-26(34)23-9-6-20(23)16-33-17-30(12-4-5-19-13-22(32)8-10-24(19)30)18-40-27-11-7-21(14-25(27)33)31(38,15-28(35)36)29(37)39-2/h3,7-8,10-11,13-14,20,23,26,34,38H,1,4-6,9,12,15-18H2,2H3,(H,35,36)/t20?,23?,26-,30?,31?/m0/s1. The Morgan fingerprint density at radius 1 is 1.30 bits per heavy atom. The number of halogens is 1. The fraction of sp³-hybridized carbons (Fsp3) is 0.484. The molecule has 0 amide bonds. The molecule has 9 heteroatoms. The zero-order chi connectivity index (χ0) is 28.7. The lowest BCUT2D eigenvalue weighted by atomic mass is 9.68. The molecule has 2 aromatic carbocycles. The predicted molar refractivity (Wildman–Crippen MR) is 151 cm³/mol. The van der Waals surface area contributed by atoms with E-state index in [0.29, 0.717) is 36.2 Å². The SMILES string of the molecule is C=C[C@H](O)C1CCC1CN1CC2(CCCc3cc(Cl)ccc32)COc2ccc(C(O)(CC(=O)O)C(=O)OC)cc21.